The zero-order valence-electron chi connectivity index (χ0n) is 16.4. The van der Waals surface area contributed by atoms with Crippen molar-refractivity contribution in [3.8, 4) is 0 Å². The van der Waals surface area contributed by atoms with E-state index in [0.29, 0.717) is 17.6 Å². The molecular weight excluding hydrogens is 374 g/mol. The summed E-state index contributed by atoms with van der Waals surface area (Å²) in [7, 11) is 2.03. The Morgan fingerprint density at radius 1 is 1.22 bits per heavy atom. The van der Waals surface area contributed by atoms with Crippen molar-refractivity contribution in [3.63, 3.8) is 0 Å². The van der Waals surface area contributed by atoms with E-state index in [1.807, 2.05) is 47.9 Å². The second-order valence-corrected chi connectivity index (χ2v) is 10.1. The number of likely N-dealkylation sites (tertiary alicyclic amines) is 1. The number of thioether (sulfide) groups is 2. The second-order valence-electron chi connectivity index (χ2n) is 7.44. The Hall–Kier alpha value is -1.40. The van der Waals surface area contributed by atoms with Gasteiger partial charge in [0.1, 0.15) is 0 Å². The largest absolute Gasteiger partial charge is 0.342 e. The molecule has 1 amide bonds. The molecule has 0 aliphatic carbocycles. The molecule has 1 aliphatic rings. The van der Waals surface area contributed by atoms with Gasteiger partial charge in [-0.05, 0) is 36.5 Å². The first-order valence-corrected chi connectivity index (χ1v) is 11.5. The number of hydrogen-bond acceptors (Lipinski definition) is 4. The van der Waals surface area contributed by atoms with Crippen LogP contribution in [0.3, 0.4) is 0 Å². The number of carbonyl (C=O) groups excluding carboxylic acids is 1. The van der Waals surface area contributed by atoms with Gasteiger partial charge in [0.05, 0.1) is 6.42 Å². The molecule has 0 spiro atoms. The Morgan fingerprint density at radius 2 is 1.93 bits per heavy atom. The van der Waals surface area contributed by atoms with E-state index in [0.717, 1.165) is 42.4 Å². The molecule has 146 valence electrons. The van der Waals surface area contributed by atoms with Gasteiger partial charge in [-0.15, -0.1) is 11.8 Å². The van der Waals surface area contributed by atoms with Gasteiger partial charge in [-0.2, -0.15) is 0 Å². The Bertz CT molecular complexity index is 734. The van der Waals surface area contributed by atoms with E-state index < -0.39 is 0 Å². The predicted molar refractivity (Wildman–Crippen MR) is 114 cm³/mol. The number of nitrogens with zero attached hydrogens (tertiary/aromatic N) is 3. The van der Waals surface area contributed by atoms with Gasteiger partial charge < -0.3 is 9.47 Å². The molecule has 0 bridgehead atoms. The van der Waals surface area contributed by atoms with E-state index in [9.17, 15) is 4.79 Å². The summed E-state index contributed by atoms with van der Waals surface area (Å²) in [6.45, 7) is 6.15. The quantitative estimate of drug-likeness (QED) is 0.638. The summed E-state index contributed by atoms with van der Waals surface area (Å²) in [5.41, 5.74) is 1.11. The number of amides is 1. The first-order valence-electron chi connectivity index (χ1n) is 9.64. The minimum Gasteiger partial charge on any atom is -0.342 e. The lowest BCUT2D eigenvalue weighted by molar-refractivity contribution is -0.131. The van der Waals surface area contributed by atoms with Crippen LogP contribution in [0.5, 0.6) is 0 Å². The maximum atomic E-state index is 12.6. The third kappa shape index (κ3) is 6.04. The molecule has 2 aromatic rings. The van der Waals surface area contributed by atoms with Crippen molar-refractivity contribution < 1.29 is 4.79 Å². The Kier molecular flexibility index (Phi) is 7.30. The zero-order chi connectivity index (χ0) is 19.2. The average molecular weight is 404 g/mol. The molecule has 1 fully saturated rings. The lowest BCUT2D eigenvalue weighted by atomic mass is 9.98. The van der Waals surface area contributed by atoms with E-state index >= 15 is 0 Å². The normalized spacial score (nSPS) is 15.5. The monoisotopic (exact) mass is 403 g/mol. The lowest BCUT2D eigenvalue weighted by Crippen LogP contribution is -2.39. The number of carbonyl (C=O) groups is 1. The number of aromatic nitrogens is 2. The van der Waals surface area contributed by atoms with E-state index in [1.54, 1.807) is 0 Å². The van der Waals surface area contributed by atoms with E-state index in [1.165, 1.54) is 4.90 Å². The molecule has 3 rings (SSSR count). The molecule has 0 saturated carbocycles. The van der Waals surface area contributed by atoms with Crippen LogP contribution in [0.2, 0.25) is 0 Å². The Morgan fingerprint density at radius 3 is 2.52 bits per heavy atom. The number of piperidine rings is 1. The summed E-state index contributed by atoms with van der Waals surface area (Å²) < 4.78 is 2.06. The number of hydrogen-bond donors (Lipinski definition) is 0. The van der Waals surface area contributed by atoms with E-state index in [-0.39, 0.29) is 5.91 Å². The maximum Gasteiger partial charge on any atom is 0.226 e. The van der Waals surface area contributed by atoms with Crippen molar-refractivity contribution in [2.24, 2.45) is 13.0 Å². The van der Waals surface area contributed by atoms with Crippen molar-refractivity contribution in [1.29, 1.82) is 0 Å². The van der Waals surface area contributed by atoms with Gasteiger partial charge in [0.2, 0.25) is 5.91 Å². The molecule has 0 atom stereocenters. The standard InChI is InChI=1S/C21H29N3OS2/c1-16(2)27-19-6-4-17(5-7-19)14-20(25)24-11-8-18(9-12-24)15-26-21-22-10-13-23(21)3/h4-7,10,13,16,18H,8-9,11-12,14-15H2,1-3H3. The van der Waals surface area contributed by atoms with Gasteiger partial charge in [0, 0.05) is 48.4 Å². The number of aryl methyl sites for hydroxylation is 1. The van der Waals surface area contributed by atoms with Crippen LogP contribution in [0.15, 0.2) is 46.7 Å². The molecule has 0 unspecified atom stereocenters. The summed E-state index contributed by atoms with van der Waals surface area (Å²) in [6.07, 6.45) is 6.52. The van der Waals surface area contributed by atoms with Gasteiger partial charge in [-0.1, -0.05) is 37.7 Å². The molecule has 1 aliphatic heterocycles. The fraction of sp³-hybridized carbons (Fsp3) is 0.524. The van der Waals surface area contributed by atoms with Crippen molar-refractivity contribution in [2.45, 2.75) is 48.4 Å². The highest BCUT2D eigenvalue weighted by atomic mass is 32.2. The molecule has 6 heteroatoms. The summed E-state index contributed by atoms with van der Waals surface area (Å²) in [6, 6.07) is 8.46. The smallest absolute Gasteiger partial charge is 0.226 e. The van der Waals surface area contributed by atoms with Gasteiger partial charge in [0.25, 0.3) is 0 Å². The zero-order valence-corrected chi connectivity index (χ0v) is 18.1. The number of imidazole rings is 1. The first-order chi connectivity index (χ1) is 13.0. The van der Waals surface area contributed by atoms with Gasteiger partial charge in [-0.3, -0.25) is 4.79 Å². The van der Waals surface area contributed by atoms with Crippen molar-refractivity contribution in [2.75, 3.05) is 18.8 Å². The molecule has 1 saturated heterocycles. The molecule has 0 N–H and O–H groups in total. The molecule has 1 aromatic carbocycles. The molecule has 0 radical (unpaired) electrons. The van der Waals surface area contributed by atoms with Crippen LogP contribution >= 0.6 is 23.5 Å². The van der Waals surface area contributed by atoms with Crippen LogP contribution in [0.1, 0.15) is 32.3 Å². The minimum atomic E-state index is 0.259. The molecule has 2 heterocycles. The summed E-state index contributed by atoms with van der Waals surface area (Å²) in [4.78, 5) is 20.3. The SMILES string of the molecule is CC(C)Sc1ccc(CC(=O)N2CCC(CSc3nccn3C)CC2)cc1. The van der Waals surface area contributed by atoms with Crippen molar-refractivity contribution >= 4 is 29.4 Å². The first kappa shape index (κ1) is 20.3. The molecule has 4 nitrogen and oxygen atoms in total. The molecule has 1 aromatic heterocycles. The van der Waals surface area contributed by atoms with E-state index in [4.69, 9.17) is 0 Å². The van der Waals surface area contributed by atoms with Crippen LogP contribution in [0.4, 0.5) is 0 Å². The Labute approximate surface area is 171 Å². The summed E-state index contributed by atoms with van der Waals surface area (Å²) in [5, 5.41) is 1.65. The van der Waals surface area contributed by atoms with Crippen LogP contribution in [0, 0.1) is 5.92 Å². The third-order valence-corrected chi connectivity index (χ3v) is 7.15. The third-order valence-electron chi connectivity index (χ3n) is 4.84. The molecular formula is C21H29N3OS2. The van der Waals surface area contributed by atoms with Gasteiger partial charge in [-0.25, -0.2) is 4.98 Å². The Balaban J connectivity index is 1.42. The summed E-state index contributed by atoms with van der Waals surface area (Å²) in [5.74, 6) is 2.01. The highest BCUT2D eigenvalue weighted by molar-refractivity contribution is 8.00. The number of benzene rings is 1. The van der Waals surface area contributed by atoms with Crippen molar-refractivity contribution in [1.82, 2.24) is 14.5 Å². The highest BCUT2D eigenvalue weighted by Crippen LogP contribution is 2.26. The summed E-state index contributed by atoms with van der Waals surface area (Å²) >= 11 is 3.68. The molecule has 27 heavy (non-hydrogen) atoms. The number of rotatable bonds is 7. The second kappa shape index (κ2) is 9.69. The minimum absolute atomic E-state index is 0.259. The van der Waals surface area contributed by atoms with E-state index in [2.05, 4.69) is 47.7 Å². The van der Waals surface area contributed by atoms with Gasteiger partial charge >= 0.3 is 0 Å². The predicted octanol–water partition coefficient (Wildman–Crippen LogP) is 4.49. The average Bonchev–Trinajstić information content (AvgIpc) is 3.06. The topological polar surface area (TPSA) is 38.1 Å². The fourth-order valence-corrected chi connectivity index (χ4v) is 5.23. The lowest BCUT2D eigenvalue weighted by Gasteiger charge is -2.32. The van der Waals surface area contributed by atoms with Crippen LogP contribution < -0.4 is 0 Å². The van der Waals surface area contributed by atoms with Crippen LogP contribution in [0.25, 0.3) is 0 Å². The highest BCUT2D eigenvalue weighted by Gasteiger charge is 2.23. The fourth-order valence-electron chi connectivity index (χ4n) is 3.28. The van der Waals surface area contributed by atoms with Crippen LogP contribution in [-0.4, -0.2) is 44.5 Å². The van der Waals surface area contributed by atoms with Crippen molar-refractivity contribution in [3.05, 3.63) is 42.2 Å². The van der Waals surface area contributed by atoms with Crippen LogP contribution in [-0.2, 0) is 18.3 Å². The maximum absolute atomic E-state index is 12.6. The van der Waals surface area contributed by atoms with Gasteiger partial charge in [0.15, 0.2) is 5.16 Å².